The minimum absolute atomic E-state index is 0.0127. The molecule has 1 saturated carbocycles. The molecule has 2 aromatic carbocycles. The second kappa shape index (κ2) is 9.49. The Bertz CT molecular complexity index is 1460. The highest BCUT2D eigenvalue weighted by atomic mass is 32.2. The van der Waals surface area contributed by atoms with Gasteiger partial charge in [-0.2, -0.15) is 16.8 Å². The molecule has 0 amide bonds. The van der Waals surface area contributed by atoms with E-state index < -0.39 is 35.8 Å². The lowest BCUT2D eigenvalue weighted by atomic mass is 10.1. The van der Waals surface area contributed by atoms with Crippen LogP contribution in [0.1, 0.15) is 24.0 Å². The van der Waals surface area contributed by atoms with Crippen molar-refractivity contribution in [1.82, 2.24) is 0 Å². The molecule has 0 heterocycles. The molecule has 13 nitrogen and oxygen atoms in total. The van der Waals surface area contributed by atoms with Crippen LogP contribution >= 0.6 is 0 Å². The number of carbonyl (C=O) groups excluding carboxylic acids is 1. The molecule has 3 rings (SSSR count). The Labute approximate surface area is 192 Å². The summed E-state index contributed by atoms with van der Waals surface area (Å²) in [5, 5.41) is 6.57. The zero-order valence-electron chi connectivity index (χ0n) is 17.0. The van der Waals surface area contributed by atoms with E-state index in [-0.39, 0.29) is 46.5 Å². The Morgan fingerprint density at radius 3 is 1.47 bits per heavy atom. The lowest BCUT2D eigenvalue weighted by molar-refractivity contribution is -0.111. The van der Waals surface area contributed by atoms with E-state index in [1.807, 2.05) is 0 Å². The molecular formula is C19H14N6O7S2. The lowest BCUT2D eigenvalue weighted by Gasteiger charge is -2.06. The van der Waals surface area contributed by atoms with Crippen LogP contribution in [0.4, 0.5) is 11.4 Å². The Hall–Kier alpha value is -3.97. The molecule has 0 aliphatic heterocycles. The van der Waals surface area contributed by atoms with Crippen molar-refractivity contribution in [2.75, 3.05) is 0 Å². The molecule has 34 heavy (non-hydrogen) atoms. The molecule has 0 atom stereocenters. The quantitative estimate of drug-likeness (QED) is 0.182. The van der Waals surface area contributed by atoms with Gasteiger partial charge >= 0.3 is 0 Å². The average Bonchev–Trinajstić information content (AvgIpc) is 3.08. The topological polar surface area (TPSA) is 223 Å². The van der Waals surface area contributed by atoms with Gasteiger partial charge in [0.05, 0.1) is 0 Å². The van der Waals surface area contributed by atoms with Crippen molar-refractivity contribution in [3.05, 3.63) is 79.6 Å². The van der Waals surface area contributed by atoms with Crippen molar-refractivity contribution in [2.24, 2.45) is 10.2 Å². The molecule has 2 N–H and O–H groups in total. The van der Waals surface area contributed by atoms with E-state index in [0.29, 0.717) is 0 Å². The van der Waals surface area contributed by atoms with E-state index >= 15 is 0 Å². The van der Waals surface area contributed by atoms with Gasteiger partial charge in [0, 0.05) is 32.3 Å². The zero-order valence-corrected chi connectivity index (χ0v) is 18.6. The van der Waals surface area contributed by atoms with E-state index in [1.165, 1.54) is 36.4 Å². The first-order chi connectivity index (χ1) is 15.9. The summed E-state index contributed by atoms with van der Waals surface area (Å²) < 4.78 is 66.1. The molecular weight excluding hydrogens is 488 g/mol. The first-order valence-electron chi connectivity index (χ1n) is 9.23. The van der Waals surface area contributed by atoms with Gasteiger partial charge < -0.3 is 0 Å². The summed E-state index contributed by atoms with van der Waals surface area (Å²) in [5.41, 5.74) is 17.3. The summed E-state index contributed by atoms with van der Waals surface area (Å²) in [6.07, 6.45) is 2.90. The van der Waals surface area contributed by atoms with Gasteiger partial charge in [0.25, 0.3) is 20.2 Å². The minimum atomic E-state index is -4.71. The number of azide groups is 2. The van der Waals surface area contributed by atoms with Crippen molar-refractivity contribution >= 4 is 49.5 Å². The number of nitrogens with zero attached hydrogens (tertiary/aromatic N) is 6. The molecule has 1 fully saturated rings. The van der Waals surface area contributed by atoms with Crippen molar-refractivity contribution < 1.29 is 30.7 Å². The van der Waals surface area contributed by atoms with Crippen molar-refractivity contribution in [2.45, 2.75) is 22.6 Å². The molecule has 15 heteroatoms. The molecule has 0 spiro atoms. The maximum Gasteiger partial charge on any atom is 0.295 e. The Balaban J connectivity index is 2.05. The summed E-state index contributed by atoms with van der Waals surface area (Å²) in [6, 6.07) is 7.06. The standard InChI is InChI=1S/C19H14N6O7S2/c20-24-22-15-5-3-11(17(9-15)33(27,28)29)7-13-1-2-14(19(13)26)8-12-4-6-16(23-25-21)10-18(12)34(30,31)32/h3-10H,1-2H2,(H,27,28,29)(H,30,31,32)/b13-7-,14-8+. The Kier molecular flexibility index (Phi) is 6.88. The van der Waals surface area contributed by atoms with Crippen LogP contribution in [0.25, 0.3) is 33.0 Å². The molecule has 0 saturated heterocycles. The van der Waals surface area contributed by atoms with Crippen LogP contribution in [0.15, 0.2) is 67.6 Å². The fourth-order valence-electron chi connectivity index (χ4n) is 3.31. The van der Waals surface area contributed by atoms with Gasteiger partial charge in [-0.1, -0.05) is 34.5 Å². The van der Waals surface area contributed by atoms with Crippen LogP contribution in [-0.4, -0.2) is 31.7 Å². The molecule has 1 aliphatic rings. The van der Waals surface area contributed by atoms with Gasteiger partial charge in [-0.3, -0.25) is 13.9 Å². The first kappa shape index (κ1) is 24.7. The smallest absolute Gasteiger partial charge is 0.289 e. The third kappa shape index (κ3) is 5.50. The molecule has 174 valence electrons. The van der Waals surface area contributed by atoms with E-state index in [4.69, 9.17) is 11.1 Å². The normalized spacial score (nSPS) is 16.4. The van der Waals surface area contributed by atoms with Gasteiger partial charge in [0.1, 0.15) is 9.79 Å². The first-order valence-corrected chi connectivity index (χ1v) is 12.1. The fraction of sp³-hybridized carbons (Fsp3) is 0.105. The van der Waals surface area contributed by atoms with Gasteiger partial charge in [-0.25, -0.2) is 0 Å². The summed E-state index contributed by atoms with van der Waals surface area (Å²) in [4.78, 5) is 16.9. The molecule has 0 bridgehead atoms. The number of Topliss-reactive ketones (excluding diaryl/α,β-unsaturated/α-hetero) is 1. The van der Waals surface area contributed by atoms with E-state index in [2.05, 4.69) is 20.1 Å². The SMILES string of the molecule is [N-]=[N+]=Nc1ccc(/C=C2/CC/C(=C\c3ccc(N=[N+]=[N-])cc3S(=O)(=O)O)C2=O)c(S(=O)(=O)O)c1. The van der Waals surface area contributed by atoms with Crippen LogP contribution < -0.4 is 0 Å². The van der Waals surface area contributed by atoms with Crippen LogP contribution in [0.5, 0.6) is 0 Å². The number of benzene rings is 2. The maximum atomic E-state index is 12.9. The Morgan fingerprint density at radius 2 is 1.15 bits per heavy atom. The van der Waals surface area contributed by atoms with Crippen LogP contribution in [0.3, 0.4) is 0 Å². The van der Waals surface area contributed by atoms with Gasteiger partial charge in [-0.05, 0) is 59.3 Å². The monoisotopic (exact) mass is 502 g/mol. The summed E-state index contributed by atoms with van der Waals surface area (Å²) in [6.45, 7) is 0. The van der Waals surface area contributed by atoms with Crippen LogP contribution in [0, 0.1) is 0 Å². The predicted molar refractivity (Wildman–Crippen MR) is 120 cm³/mol. The Morgan fingerprint density at radius 1 is 0.765 bits per heavy atom. The van der Waals surface area contributed by atoms with E-state index in [1.54, 1.807) is 0 Å². The van der Waals surface area contributed by atoms with E-state index in [9.17, 15) is 30.7 Å². The second-order valence-corrected chi connectivity index (χ2v) is 9.72. The predicted octanol–water partition coefficient (Wildman–Crippen LogP) is 4.89. The van der Waals surface area contributed by atoms with Crippen molar-refractivity contribution in [3.8, 4) is 0 Å². The fourth-order valence-corrected chi connectivity index (χ4v) is 4.70. The van der Waals surface area contributed by atoms with Crippen LogP contribution in [-0.2, 0) is 25.0 Å². The highest BCUT2D eigenvalue weighted by Crippen LogP contribution is 2.33. The number of carbonyl (C=O) groups is 1. The summed E-state index contributed by atoms with van der Waals surface area (Å²) in [5.74, 6) is -0.499. The molecule has 2 aromatic rings. The maximum absolute atomic E-state index is 12.9. The van der Waals surface area contributed by atoms with Crippen LogP contribution in [0.2, 0.25) is 0 Å². The minimum Gasteiger partial charge on any atom is -0.289 e. The molecule has 0 aromatic heterocycles. The largest absolute Gasteiger partial charge is 0.295 e. The van der Waals surface area contributed by atoms with Gasteiger partial charge in [0.15, 0.2) is 5.78 Å². The van der Waals surface area contributed by atoms with Crippen molar-refractivity contribution in [3.63, 3.8) is 0 Å². The third-order valence-corrected chi connectivity index (χ3v) is 6.60. The zero-order chi connectivity index (χ0) is 25.1. The van der Waals surface area contributed by atoms with Crippen molar-refractivity contribution in [1.29, 1.82) is 0 Å². The van der Waals surface area contributed by atoms with Gasteiger partial charge in [-0.15, -0.1) is 0 Å². The summed E-state index contributed by atoms with van der Waals surface area (Å²) in [7, 11) is -9.42. The number of hydrogen-bond donors (Lipinski definition) is 2. The molecule has 0 radical (unpaired) electrons. The molecule has 1 aliphatic carbocycles. The number of ketones is 1. The van der Waals surface area contributed by atoms with E-state index in [0.717, 1.165) is 12.1 Å². The summed E-state index contributed by atoms with van der Waals surface area (Å²) >= 11 is 0. The number of allylic oxidation sites excluding steroid dienone is 2. The highest BCUT2D eigenvalue weighted by Gasteiger charge is 2.26. The average molecular weight is 502 g/mol. The number of rotatable bonds is 6. The third-order valence-electron chi connectivity index (χ3n) is 4.78. The highest BCUT2D eigenvalue weighted by molar-refractivity contribution is 7.86. The number of hydrogen-bond acceptors (Lipinski definition) is 7. The molecule has 0 unspecified atom stereocenters. The second-order valence-electron chi connectivity index (χ2n) is 6.94. The van der Waals surface area contributed by atoms with Gasteiger partial charge in [0.2, 0.25) is 0 Å². The lowest BCUT2D eigenvalue weighted by Crippen LogP contribution is -2.03.